The number of rotatable bonds is 2. The molecule has 2 aliphatic heterocycles. The molecule has 0 radical (unpaired) electrons. The second-order valence-corrected chi connectivity index (χ2v) is 6.53. The lowest BCUT2D eigenvalue weighted by Gasteiger charge is -2.43. The number of ether oxygens (including phenoxy) is 2. The highest BCUT2D eigenvalue weighted by atomic mass is 79.9. The average molecular weight is 339 g/mol. The molecular formula is C16H19BrO3. The zero-order valence-corrected chi connectivity index (χ0v) is 13.0. The van der Waals surface area contributed by atoms with Crippen LogP contribution in [0.3, 0.4) is 0 Å². The summed E-state index contributed by atoms with van der Waals surface area (Å²) in [6.45, 7) is 2.17. The summed E-state index contributed by atoms with van der Waals surface area (Å²) in [7, 11) is 0. The minimum atomic E-state index is -0.127. The van der Waals surface area contributed by atoms with E-state index in [-0.39, 0.29) is 17.3 Å². The number of hydrogen-bond acceptors (Lipinski definition) is 3. The number of halogens is 1. The van der Waals surface area contributed by atoms with E-state index in [2.05, 4.69) is 15.9 Å². The summed E-state index contributed by atoms with van der Waals surface area (Å²) in [4.78, 5) is 12.7. The molecule has 3 rings (SSSR count). The second kappa shape index (κ2) is 5.96. The lowest BCUT2D eigenvalue weighted by atomic mass is 9.78. The van der Waals surface area contributed by atoms with Crippen LogP contribution in [0.25, 0.3) is 0 Å². The van der Waals surface area contributed by atoms with Crippen molar-refractivity contribution < 1.29 is 14.3 Å². The van der Waals surface area contributed by atoms with Crippen LogP contribution in [0.4, 0.5) is 0 Å². The van der Waals surface area contributed by atoms with Crippen molar-refractivity contribution in [2.24, 2.45) is 5.92 Å². The molecule has 0 aromatic heterocycles. The normalized spacial score (nSPS) is 25.6. The highest BCUT2D eigenvalue weighted by Crippen LogP contribution is 2.38. The Morgan fingerprint density at radius 3 is 2.70 bits per heavy atom. The Morgan fingerprint density at radius 2 is 1.95 bits per heavy atom. The molecular weight excluding hydrogens is 320 g/mol. The summed E-state index contributed by atoms with van der Waals surface area (Å²) < 4.78 is 12.3. The Balaban J connectivity index is 1.77. The van der Waals surface area contributed by atoms with Gasteiger partial charge in [0.25, 0.3) is 0 Å². The van der Waals surface area contributed by atoms with Crippen molar-refractivity contribution in [1.82, 2.24) is 0 Å². The van der Waals surface area contributed by atoms with Crippen molar-refractivity contribution in [2.45, 2.75) is 31.3 Å². The van der Waals surface area contributed by atoms with E-state index in [0.29, 0.717) is 6.61 Å². The van der Waals surface area contributed by atoms with Crippen molar-refractivity contribution in [3.63, 3.8) is 0 Å². The predicted octanol–water partition coefficient (Wildman–Crippen LogP) is 3.61. The molecule has 1 atom stereocenters. The maximum Gasteiger partial charge on any atom is 0.167 e. The average Bonchev–Trinajstić information content (AvgIpc) is 2.48. The Labute approximate surface area is 127 Å². The van der Waals surface area contributed by atoms with Crippen LogP contribution in [-0.4, -0.2) is 31.2 Å². The fourth-order valence-corrected chi connectivity index (χ4v) is 3.70. The first-order valence-corrected chi connectivity index (χ1v) is 8.00. The van der Waals surface area contributed by atoms with Gasteiger partial charge in [-0.25, -0.2) is 0 Å². The van der Waals surface area contributed by atoms with Gasteiger partial charge in [0, 0.05) is 35.8 Å². The van der Waals surface area contributed by atoms with Crippen molar-refractivity contribution in [3.05, 3.63) is 34.3 Å². The van der Waals surface area contributed by atoms with E-state index in [1.807, 2.05) is 24.3 Å². The zero-order valence-electron chi connectivity index (χ0n) is 11.4. The summed E-state index contributed by atoms with van der Waals surface area (Å²) in [6.07, 6.45) is 3.47. The van der Waals surface area contributed by atoms with Gasteiger partial charge in [0.15, 0.2) is 5.78 Å². The molecule has 20 heavy (non-hydrogen) atoms. The number of carbonyl (C=O) groups excluding carboxylic acids is 1. The van der Waals surface area contributed by atoms with E-state index in [0.717, 1.165) is 48.9 Å². The first-order valence-electron chi connectivity index (χ1n) is 7.21. The molecule has 0 N–H and O–H groups in total. The van der Waals surface area contributed by atoms with Gasteiger partial charge in [-0.05, 0) is 31.7 Å². The molecule has 0 aliphatic carbocycles. The molecule has 0 saturated carbocycles. The number of benzene rings is 1. The van der Waals surface area contributed by atoms with E-state index < -0.39 is 0 Å². The molecule has 2 heterocycles. The Hall–Kier alpha value is -0.710. The monoisotopic (exact) mass is 338 g/mol. The molecule has 2 fully saturated rings. The van der Waals surface area contributed by atoms with Gasteiger partial charge in [-0.1, -0.05) is 34.1 Å². The van der Waals surface area contributed by atoms with E-state index in [1.54, 1.807) is 0 Å². The Morgan fingerprint density at radius 1 is 1.20 bits per heavy atom. The standard InChI is InChI=1S/C16H19BrO3/c17-14-4-2-1-3-13(14)15(18)12-5-8-20-16(11-12)6-9-19-10-7-16/h1-4,12H,5-11H2. The summed E-state index contributed by atoms with van der Waals surface area (Å²) in [6, 6.07) is 7.68. The molecule has 1 spiro atoms. The predicted molar refractivity (Wildman–Crippen MR) is 79.9 cm³/mol. The SMILES string of the molecule is O=C(c1ccccc1Br)C1CCOC2(CCOCC2)C1. The summed E-state index contributed by atoms with van der Waals surface area (Å²) in [5, 5.41) is 0. The maximum absolute atomic E-state index is 12.7. The van der Waals surface area contributed by atoms with Crippen molar-refractivity contribution in [3.8, 4) is 0 Å². The van der Waals surface area contributed by atoms with E-state index >= 15 is 0 Å². The Bertz CT molecular complexity index is 489. The topological polar surface area (TPSA) is 35.5 Å². The van der Waals surface area contributed by atoms with Gasteiger partial charge in [0.05, 0.1) is 5.60 Å². The quantitative estimate of drug-likeness (QED) is 0.773. The molecule has 2 saturated heterocycles. The number of ketones is 1. The molecule has 108 valence electrons. The molecule has 1 unspecified atom stereocenters. The minimum Gasteiger partial charge on any atom is -0.381 e. The summed E-state index contributed by atoms with van der Waals surface area (Å²) >= 11 is 3.48. The lowest BCUT2D eigenvalue weighted by molar-refractivity contribution is -0.142. The van der Waals surface area contributed by atoms with Crippen LogP contribution >= 0.6 is 15.9 Å². The number of hydrogen-bond donors (Lipinski definition) is 0. The first kappa shape index (κ1) is 14.2. The van der Waals surface area contributed by atoms with Crippen LogP contribution in [0.2, 0.25) is 0 Å². The highest BCUT2D eigenvalue weighted by molar-refractivity contribution is 9.10. The van der Waals surface area contributed by atoms with Gasteiger partial charge in [0.1, 0.15) is 0 Å². The van der Waals surface area contributed by atoms with Crippen molar-refractivity contribution >= 4 is 21.7 Å². The van der Waals surface area contributed by atoms with Gasteiger partial charge < -0.3 is 9.47 Å². The molecule has 1 aromatic rings. The fourth-order valence-electron chi connectivity index (χ4n) is 3.22. The molecule has 4 heteroatoms. The largest absolute Gasteiger partial charge is 0.381 e. The lowest BCUT2D eigenvalue weighted by Crippen LogP contribution is -2.45. The molecule has 3 nitrogen and oxygen atoms in total. The zero-order chi connectivity index (χ0) is 14.0. The fraction of sp³-hybridized carbons (Fsp3) is 0.562. The molecule has 1 aromatic carbocycles. The molecule has 0 bridgehead atoms. The van der Waals surface area contributed by atoms with Crippen LogP contribution in [0.1, 0.15) is 36.0 Å². The minimum absolute atomic E-state index is 0.0700. The van der Waals surface area contributed by atoms with E-state index in [1.165, 1.54) is 0 Å². The van der Waals surface area contributed by atoms with Gasteiger partial charge in [0.2, 0.25) is 0 Å². The highest BCUT2D eigenvalue weighted by Gasteiger charge is 2.41. The van der Waals surface area contributed by atoms with Crippen molar-refractivity contribution in [1.29, 1.82) is 0 Å². The second-order valence-electron chi connectivity index (χ2n) is 5.68. The summed E-state index contributed by atoms with van der Waals surface area (Å²) in [5.41, 5.74) is 0.666. The Kier molecular flexibility index (Phi) is 4.24. The van der Waals surface area contributed by atoms with Crippen molar-refractivity contribution in [2.75, 3.05) is 19.8 Å². The third kappa shape index (κ3) is 2.83. The maximum atomic E-state index is 12.7. The van der Waals surface area contributed by atoms with Crippen LogP contribution in [0, 0.1) is 5.92 Å². The van der Waals surface area contributed by atoms with Gasteiger partial charge >= 0.3 is 0 Å². The van der Waals surface area contributed by atoms with E-state index in [9.17, 15) is 4.79 Å². The molecule has 0 amide bonds. The number of Topliss-reactive ketones (excluding diaryl/α,β-unsaturated/α-hetero) is 1. The number of carbonyl (C=O) groups is 1. The van der Waals surface area contributed by atoms with Crippen LogP contribution in [0.5, 0.6) is 0 Å². The van der Waals surface area contributed by atoms with Gasteiger partial charge in [-0.3, -0.25) is 4.79 Å². The van der Waals surface area contributed by atoms with E-state index in [4.69, 9.17) is 9.47 Å². The third-order valence-electron chi connectivity index (χ3n) is 4.41. The van der Waals surface area contributed by atoms with Gasteiger partial charge in [-0.2, -0.15) is 0 Å². The third-order valence-corrected chi connectivity index (χ3v) is 5.10. The molecule has 2 aliphatic rings. The smallest absolute Gasteiger partial charge is 0.167 e. The summed E-state index contributed by atoms with van der Waals surface area (Å²) in [5.74, 6) is 0.312. The van der Waals surface area contributed by atoms with Crippen LogP contribution in [0.15, 0.2) is 28.7 Å². The van der Waals surface area contributed by atoms with Gasteiger partial charge in [-0.15, -0.1) is 0 Å². The van der Waals surface area contributed by atoms with Crippen LogP contribution < -0.4 is 0 Å². The van der Waals surface area contributed by atoms with Crippen LogP contribution in [-0.2, 0) is 9.47 Å². The first-order chi connectivity index (χ1) is 9.70.